The van der Waals surface area contributed by atoms with Crippen molar-refractivity contribution in [1.29, 1.82) is 0 Å². The van der Waals surface area contributed by atoms with Crippen LogP contribution in [0.2, 0.25) is 0 Å². The summed E-state index contributed by atoms with van der Waals surface area (Å²) in [6.45, 7) is 17.6. The summed E-state index contributed by atoms with van der Waals surface area (Å²) in [4.78, 5) is 144. The number of carboxylic acid groups (broad SMARTS) is 2. The van der Waals surface area contributed by atoms with Gasteiger partial charge in [0.15, 0.2) is 24.4 Å². The van der Waals surface area contributed by atoms with Gasteiger partial charge < -0.3 is 48.8 Å². The van der Waals surface area contributed by atoms with E-state index in [4.69, 9.17) is 29.2 Å². The second kappa shape index (κ2) is 31.7. The number of nitrogens with zero attached hydrogens (tertiary/aromatic N) is 8. The predicted octanol–water partition coefficient (Wildman–Crippen LogP) is 6.33. The summed E-state index contributed by atoms with van der Waals surface area (Å²) in [6, 6.07) is 8.41. The van der Waals surface area contributed by atoms with E-state index in [-0.39, 0.29) is 86.7 Å². The van der Waals surface area contributed by atoms with E-state index in [1.165, 1.54) is 76.2 Å². The highest BCUT2D eigenvalue weighted by molar-refractivity contribution is 5.94. The van der Waals surface area contributed by atoms with Crippen molar-refractivity contribution in [3.63, 3.8) is 0 Å². The molecular weight excluding hydrogens is 1140 g/mol. The standard InChI is InChI=1S/C62H86N10O16/c1-35(2)23-47-57(77)85-39(9)53(73)67(11)50(26-38(7)8)60(80)88-52(28-42-17-21-44(22-18-42)32-72-34-46(30-64-72)66-62(83)84)56(76)70(14)48(24-36(3)4)58(78)86-40(10)54(74)68(12)49(25-37(5)6)59(79)87-51(55(75)69(47)13)27-41-15-19-43(20-16-41)31-71-33-45(29-63-71)65-61(81)82/h15-22,29-30,33-40,47-52,65-66H,23-28,31-32H2,1-14H3,(H,81,82)(H,83,84)/t39-,40-,47+,48+,49+,50+,51-,52-/m1/s1. The molecule has 0 spiro atoms. The number of cyclic esters (lactones) is 4. The van der Waals surface area contributed by atoms with Crippen LogP contribution in [0, 0.1) is 23.7 Å². The molecule has 0 unspecified atom stereocenters. The lowest BCUT2D eigenvalue weighted by Gasteiger charge is -2.35. The van der Waals surface area contributed by atoms with Crippen LogP contribution in [0.3, 0.4) is 0 Å². The normalized spacial score (nSPS) is 22.0. The molecule has 3 heterocycles. The molecule has 0 radical (unpaired) electrons. The Bertz CT molecular complexity index is 2870. The van der Waals surface area contributed by atoms with Crippen LogP contribution in [-0.4, -0.2) is 186 Å². The second-order valence-corrected chi connectivity index (χ2v) is 24.1. The van der Waals surface area contributed by atoms with Crippen molar-refractivity contribution in [2.45, 2.75) is 169 Å². The molecule has 88 heavy (non-hydrogen) atoms. The molecule has 1 aliphatic rings. The van der Waals surface area contributed by atoms with Gasteiger partial charge in [0.2, 0.25) is 0 Å². The number of likely N-dealkylation sites (N-methyl/N-ethyl adjacent to an activating group) is 4. The van der Waals surface area contributed by atoms with E-state index >= 15 is 9.59 Å². The number of rotatable bonds is 18. The zero-order chi connectivity index (χ0) is 65.4. The van der Waals surface area contributed by atoms with Gasteiger partial charge in [0, 0.05) is 53.4 Å². The number of carbonyl (C=O) groups excluding carboxylic acids is 8. The smallest absolute Gasteiger partial charge is 0.409 e. The first-order valence-corrected chi connectivity index (χ1v) is 29.4. The maximum absolute atomic E-state index is 15.0. The molecule has 0 bridgehead atoms. The van der Waals surface area contributed by atoms with Crippen LogP contribution >= 0.6 is 0 Å². The summed E-state index contributed by atoms with van der Waals surface area (Å²) in [5.74, 6) is -8.13. The van der Waals surface area contributed by atoms with Gasteiger partial charge in [-0.15, -0.1) is 0 Å². The third-order valence-electron chi connectivity index (χ3n) is 14.8. The van der Waals surface area contributed by atoms with Crippen molar-refractivity contribution >= 4 is 71.1 Å². The fourth-order valence-corrected chi connectivity index (χ4v) is 10.1. The Morgan fingerprint density at radius 2 is 0.705 bits per heavy atom. The Morgan fingerprint density at radius 3 is 0.977 bits per heavy atom. The van der Waals surface area contributed by atoms with E-state index in [1.54, 1.807) is 48.5 Å². The number of nitrogens with one attached hydrogen (secondary N) is 2. The van der Waals surface area contributed by atoms with Gasteiger partial charge in [-0.25, -0.2) is 28.8 Å². The number of hydrogen-bond donors (Lipinski definition) is 4. The molecule has 6 amide bonds. The largest absolute Gasteiger partial charge is 0.465 e. The molecule has 0 saturated carbocycles. The lowest BCUT2D eigenvalue weighted by atomic mass is 9.99. The number of aromatic nitrogens is 4. The first-order chi connectivity index (χ1) is 41.3. The molecule has 480 valence electrons. The average molecular weight is 1230 g/mol. The Labute approximate surface area is 513 Å². The highest BCUT2D eigenvalue weighted by Crippen LogP contribution is 2.25. The molecule has 1 saturated heterocycles. The lowest BCUT2D eigenvalue weighted by molar-refractivity contribution is -0.176. The van der Waals surface area contributed by atoms with Crippen molar-refractivity contribution < 1.29 is 77.1 Å². The molecule has 1 aliphatic heterocycles. The van der Waals surface area contributed by atoms with Crippen LogP contribution in [0.25, 0.3) is 0 Å². The molecule has 0 aliphatic carbocycles. The fraction of sp³-hybridized carbons (Fsp3) is 0.548. The maximum Gasteiger partial charge on any atom is 0.409 e. The minimum absolute atomic E-state index is 0.0263. The quantitative estimate of drug-likeness (QED) is 0.0624. The van der Waals surface area contributed by atoms with Crippen molar-refractivity contribution in [1.82, 2.24) is 39.2 Å². The Balaban J connectivity index is 1.57. The van der Waals surface area contributed by atoms with Gasteiger partial charge in [0.05, 0.1) is 36.9 Å². The van der Waals surface area contributed by atoms with Gasteiger partial charge in [-0.05, 0) is 85.5 Å². The molecule has 8 atom stereocenters. The van der Waals surface area contributed by atoms with Gasteiger partial charge in [-0.1, -0.05) is 104 Å². The number of esters is 4. The summed E-state index contributed by atoms with van der Waals surface area (Å²) in [5, 5.41) is 31.1. The number of ether oxygens (including phenoxy) is 4. The van der Waals surface area contributed by atoms with Crippen LogP contribution in [0.1, 0.15) is 117 Å². The minimum Gasteiger partial charge on any atom is -0.465 e. The Morgan fingerprint density at radius 1 is 0.443 bits per heavy atom. The van der Waals surface area contributed by atoms with Crippen LogP contribution in [0.5, 0.6) is 0 Å². The van der Waals surface area contributed by atoms with Gasteiger partial charge in [0.1, 0.15) is 24.2 Å². The average Bonchev–Trinajstić information content (AvgIpc) is 3.23. The van der Waals surface area contributed by atoms with E-state index in [0.29, 0.717) is 11.1 Å². The van der Waals surface area contributed by atoms with Gasteiger partial charge in [-0.2, -0.15) is 10.2 Å². The third kappa shape index (κ3) is 20.1. The summed E-state index contributed by atoms with van der Waals surface area (Å²) in [5.41, 5.74) is 3.06. The van der Waals surface area contributed by atoms with Crippen LogP contribution in [0.4, 0.5) is 21.0 Å². The molecule has 1 fully saturated rings. The predicted molar refractivity (Wildman–Crippen MR) is 321 cm³/mol. The van der Waals surface area contributed by atoms with Crippen molar-refractivity contribution in [2.75, 3.05) is 38.8 Å². The number of anilines is 2. The van der Waals surface area contributed by atoms with Gasteiger partial charge in [0.25, 0.3) is 23.6 Å². The molecule has 2 aromatic carbocycles. The zero-order valence-electron chi connectivity index (χ0n) is 52.7. The number of amides is 6. The lowest BCUT2D eigenvalue weighted by Crippen LogP contribution is -2.55. The molecule has 5 rings (SSSR count). The van der Waals surface area contributed by atoms with E-state index < -0.39 is 108 Å². The molecular formula is C62H86N10O16. The third-order valence-corrected chi connectivity index (χ3v) is 14.8. The van der Waals surface area contributed by atoms with Crippen LogP contribution in [-0.2, 0) is 83.2 Å². The first kappa shape index (κ1) is 69.9. The SMILES string of the molecule is CC(C)C[C@H]1C(=O)O[C@H](Cc2ccc(Cn3cc(NC(=O)O)cn3)cc2)C(=O)N(C)[C@@H](CC(C)C)C(=O)O[C@H](C)C(=O)N(C)[C@@H](CC(C)C)C(=O)O[C@H](Cc2ccc(Cn3cc(NC(=O)O)cn3)cc2)C(=O)N(C)[C@@H](CC(C)C)C(=O)O[C@H](C)C(=O)N1C. The maximum atomic E-state index is 15.0. The Kier molecular flexibility index (Phi) is 25.2. The monoisotopic (exact) mass is 1230 g/mol. The summed E-state index contributed by atoms with van der Waals surface area (Å²) in [7, 11) is 5.38. The minimum atomic E-state index is -1.62. The highest BCUT2D eigenvalue weighted by Gasteiger charge is 2.43. The number of carbonyl (C=O) groups is 10. The second-order valence-electron chi connectivity index (χ2n) is 24.1. The van der Waals surface area contributed by atoms with Crippen LogP contribution < -0.4 is 10.6 Å². The number of benzene rings is 2. The van der Waals surface area contributed by atoms with Crippen LogP contribution in [0.15, 0.2) is 73.3 Å². The molecule has 2 aromatic heterocycles. The van der Waals surface area contributed by atoms with E-state index in [9.17, 15) is 38.4 Å². The molecule has 26 nitrogen and oxygen atoms in total. The van der Waals surface area contributed by atoms with Crippen molar-refractivity contribution in [3.05, 3.63) is 95.6 Å². The molecule has 26 heteroatoms. The van der Waals surface area contributed by atoms with E-state index in [2.05, 4.69) is 20.8 Å². The molecule has 4 N–H and O–H groups in total. The fourth-order valence-electron chi connectivity index (χ4n) is 10.1. The number of hydrogen-bond acceptors (Lipinski definition) is 16. The van der Waals surface area contributed by atoms with Gasteiger partial charge >= 0.3 is 36.1 Å². The van der Waals surface area contributed by atoms with E-state index in [0.717, 1.165) is 30.7 Å². The van der Waals surface area contributed by atoms with Crippen molar-refractivity contribution in [2.24, 2.45) is 23.7 Å². The highest BCUT2D eigenvalue weighted by atomic mass is 16.6. The topological polar surface area (TPSA) is 321 Å². The molecule has 4 aromatic rings. The van der Waals surface area contributed by atoms with Gasteiger partial charge in [-0.3, -0.25) is 39.2 Å². The summed E-state index contributed by atoms with van der Waals surface area (Å²) >= 11 is 0. The Hall–Kier alpha value is -8.84. The summed E-state index contributed by atoms with van der Waals surface area (Å²) in [6.07, 6.45) is -3.42. The zero-order valence-corrected chi connectivity index (χ0v) is 52.7. The van der Waals surface area contributed by atoms with E-state index in [1.807, 2.05) is 55.4 Å². The van der Waals surface area contributed by atoms with Crippen molar-refractivity contribution in [3.8, 4) is 0 Å². The summed E-state index contributed by atoms with van der Waals surface area (Å²) < 4.78 is 27.2. The first-order valence-electron chi connectivity index (χ1n) is 29.4.